The van der Waals surface area contributed by atoms with E-state index >= 15 is 0 Å². The number of imide groups is 1. The lowest BCUT2D eigenvalue weighted by Crippen LogP contribution is -2.50. The van der Waals surface area contributed by atoms with Gasteiger partial charge in [-0.1, -0.05) is 18.9 Å². The summed E-state index contributed by atoms with van der Waals surface area (Å²) in [6.07, 6.45) is 3.46. The molecule has 30 heavy (non-hydrogen) atoms. The number of nitrogens with zero attached hydrogens (tertiary/aromatic N) is 2. The molecule has 0 bridgehead atoms. The Morgan fingerprint density at radius 1 is 1.10 bits per heavy atom. The Hall–Kier alpha value is -3.22. The van der Waals surface area contributed by atoms with Gasteiger partial charge in [-0.3, -0.25) is 14.4 Å². The number of anilines is 1. The predicted octanol–water partition coefficient (Wildman–Crippen LogP) is 3.55. The number of halogens is 1. The SMILES string of the molecule is COc1cccc(C(=O)N(C2CCCC2)C2CC(=O)N(c3ccc(F)cc3)C2=O)c1. The zero-order chi connectivity index (χ0) is 21.3. The summed E-state index contributed by atoms with van der Waals surface area (Å²) in [4.78, 5) is 42.1. The van der Waals surface area contributed by atoms with Crippen LogP contribution >= 0.6 is 0 Å². The predicted molar refractivity (Wildman–Crippen MR) is 109 cm³/mol. The van der Waals surface area contributed by atoms with Crippen LogP contribution in [-0.2, 0) is 9.59 Å². The number of hydrogen-bond acceptors (Lipinski definition) is 4. The van der Waals surface area contributed by atoms with E-state index in [0.29, 0.717) is 17.0 Å². The molecule has 0 spiro atoms. The number of carbonyl (C=O) groups is 3. The number of benzene rings is 2. The van der Waals surface area contributed by atoms with E-state index in [1.807, 2.05) is 0 Å². The minimum Gasteiger partial charge on any atom is -0.497 e. The van der Waals surface area contributed by atoms with Crippen LogP contribution in [0.5, 0.6) is 5.75 Å². The number of carbonyl (C=O) groups excluding carboxylic acids is 3. The molecule has 1 unspecified atom stereocenters. The lowest BCUT2D eigenvalue weighted by molar-refractivity contribution is -0.123. The quantitative estimate of drug-likeness (QED) is 0.707. The number of hydrogen-bond donors (Lipinski definition) is 0. The standard InChI is InChI=1S/C23H23FN2O4/c1-30-19-8-4-5-15(13-19)22(28)25(17-6-2-3-7-17)20-14-21(27)26(23(20)29)18-11-9-16(24)10-12-18/h4-5,8-13,17,20H,2-3,6-7,14H2,1H3. The fourth-order valence-electron chi connectivity index (χ4n) is 4.34. The van der Waals surface area contributed by atoms with Crippen LogP contribution in [0.1, 0.15) is 42.5 Å². The molecule has 1 saturated heterocycles. The second-order valence-electron chi connectivity index (χ2n) is 7.65. The highest BCUT2D eigenvalue weighted by Gasteiger charge is 2.47. The first-order valence-corrected chi connectivity index (χ1v) is 10.1. The molecule has 6 nitrogen and oxygen atoms in total. The van der Waals surface area contributed by atoms with E-state index in [2.05, 4.69) is 0 Å². The van der Waals surface area contributed by atoms with Crippen molar-refractivity contribution in [2.75, 3.05) is 12.0 Å². The highest BCUT2D eigenvalue weighted by molar-refractivity contribution is 6.23. The highest BCUT2D eigenvalue weighted by Crippen LogP contribution is 2.33. The summed E-state index contributed by atoms with van der Waals surface area (Å²) in [7, 11) is 1.53. The number of rotatable bonds is 5. The van der Waals surface area contributed by atoms with Crippen LogP contribution in [0.3, 0.4) is 0 Å². The van der Waals surface area contributed by atoms with E-state index in [-0.39, 0.29) is 18.4 Å². The summed E-state index contributed by atoms with van der Waals surface area (Å²) in [5.41, 5.74) is 0.732. The van der Waals surface area contributed by atoms with Gasteiger partial charge in [-0.05, 0) is 55.3 Å². The van der Waals surface area contributed by atoms with E-state index in [9.17, 15) is 18.8 Å². The second kappa shape index (κ2) is 8.26. The average molecular weight is 410 g/mol. The normalized spacial score (nSPS) is 19.4. The fraction of sp³-hybridized carbons (Fsp3) is 0.348. The molecule has 0 aromatic heterocycles. The molecule has 4 rings (SSSR count). The van der Waals surface area contributed by atoms with Gasteiger partial charge < -0.3 is 9.64 Å². The van der Waals surface area contributed by atoms with Crippen molar-refractivity contribution in [3.8, 4) is 5.75 Å². The molecule has 2 aromatic carbocycles. The van der Waals surface area contributed by atoms with Crippen LogP contribution in [0, 0.1) is 5.82 Å². The second-order valence-corrected chi connectivity index (χ2v) is 7.65. The van der Waals surface area contributed by atoms with E-state index in [1.54, 1.807) is 29.2 Å². The van der Waals surface area contributed by atoms with E-state index in [0.717, 1.165) is 30.6 Å². The first-order valence-electron chi connectivity index (χ1n) is 10.1. The molecule has 1 heterocycles. The minimum atomic E-state index is -0.871. The fourth-order valence-corrected chi connectivity index (χ4v) is 4.34. The molecule has 1 aliphatic heterocycles. The van der Waals surface area contributed by atoms with Crippen LogP contribution < -0.4 is 9.64 Å². The summed E-state index contributed by atoms with van der Waals surface area (Å²) >= 11 is 0. The lowest BCUT2D eigenvalue weighted by atomic mass is 10.1. The molecule has 2 aliphatic rings. The van der Waals surface area contributed by atoms with Gasteiger partial charge in [0.2, 0.25) is 5.91 Å². The van der Waals surface area contributed by atoms with E-state index in [4.69, 9.17) is 4.74 Å². The Morgan fingerprint density at radius 3 is 2.47 bits per heavy atom. The smallest absolute Gasteiger partial charge is 0.257 e. The third-order valence-electron chi connectivity index (χ3n) is 5.81. The molecule has 2 fully saturated rings. The number of methoxy groups -OCH3 is 1. The maximum absolute atomic E-state index is 13.5. The van der Waals surface area contributed by atoms with Crippen molar-refractivity contribution in [3.63, 3.8) is 0 Å². The molecule has 1 saturated carbocycles. The summed E-state index contributed by atoms with van der Waals surface area (Å²) < 4.78 is 18.5. The van der Waals surface area contributed by atoms with Crippen molar-refractivity contribution >= 4 is 23.4 Å². The molecule has 0 N–H and O–H groups in total. The van der Waals surface area contributed by atoms with Crippen molar-refractivity contribution in [2.24, 2.45) is 0 Å². The first-order chi connectivity index (χ1) is 14.5. The van der Waals surface area contributed by atoms with Gasteiger partial charge in [0.15, 0.2) is 0 Å². The van der Waals surface area contributed by atoms with E-state index in [1.165, 1.54) is 31.4 Å². The Morgan fingerprint density at radius 2 is 1.80 bits per heavy atom. The van der Waals surface area contributed by atoms with Crippen LogP contribution in [0.4, 0.5) is 10.1 Å². The average Bonchev–Trinajstić information content (AvgIpc) is 3.38. The van der Waals surface area contributed by atoms with Crippen LogP contribution in [0.15, 0.2) is 48.5 Å². The van der Waals surface area contributed by atoms with Crippen molar-refractivity contribution in [3.05, 3.63) is 59.9 Å². The molecule has 7 heteroatoms. The van der Waals surface area contributed by atoms with Crippen LogP contribution in [0.25, 0.3) is 0 Å². The molecule has 1 atom stereocenters. The first kappa shape index (κ1) is 20.1. The zero-order valence-electron chi connectivity index (χ0n) is 16.7. The van der Waals surface area contributed by atoms with Gasteiger partial charge in [0.1, 0.15) is 17.6 Å². The summed E-state index contributed by atoms with van der Waals surface area (Å²) in [6, 6.07) is 11.0. The van der Waals surface area contributed by atoms with Crippen molar-refractivity contribution in [1.82, 2.24) is 4.90 Å². The van der Waals surface area contributed by atoms with Crippen molar-refractivity contribution in [1.29, 1.82) is 0 Å². The largest absolute Gasteiger partial charge is 0.497 e. The third-order valence-corrected chi connectivity index (χ3v) is 5.81. The topological polar surface area (TPSA) is 66.9 Å². The number of ether oxygens (including phenoxy) is 1. The molecule has 1 aliphatic carbocycles. The number of amides is 3. The van der Waals surface area contributed by atoms with Crippen molar-refractivity contribution in [2.45, 2.75) is 44.2 Å². The lowest BCUT2D eigenvalue weighted by Gasteiger charge is -2.33. The van der Waals surface area contributed by atoms with Gasteiger partial charge in [0, 0.05) is 11.6 Å². The summed E-state index contributed by atoms with van der Waals surface area (Å²) in [5, 5.41) is 0. The summed E-state index contributed by atoms with van der Waals surface area (Å²) in [6.45, 7) is 0. The Labute approximate surface area is 174 Å². The third kappa shape index (κ3) is 3.67. The maximum Gasteiger partial charge on any atom is 0.257 e. The Bertz CT molecular complexity index is 969. The monoisotopic (exact) mass is 410 g/mol. The van der Waals surface area contributed by atoms with Crippen LogP contribution in [0.2, 0.25) is 0 Å². The Kier molecular flexibility index (Phi) is 5.53. The maximum atomic E-state index is 13.5. The molecule has 3 amide bonds. The van der Waals surface area contributed by atoms with Gasteiger partial charge >= 0.3 is 0 Å². The van der Waals surface area contributed by atoms with Gasteiger partial charge in [-0.25, -0.2) is 9.29 Å². The molecule has 0 radical (unpaired) electrons. The molecular weight excluding hydrogens is 387 g/mol. The van der Waals surface area contributed by atoms with E-state index < -0.39 is 23.7 Å². The van der Waals surface area contributed by atoms with Gasteiger partial charge in [0.05, 0.1) is 19.2 Å². The zero-order valence-corrected chi connectivity index (χ0v) is 16.7. The van der Waals surface area contributed by atoms with Gasteiger partial charge in [-0.15, -0.1) is 0 Å². The highest BCUT2D eigenvalue weighted by atomic mass is 19.1. The molecule has 156 valence electrons. The minimum absolute atomic E-state index is 0.0809. The van der Waals surface area contributed by atoms with Crippen molar-refractivity contribution < 1.29 is 23.5 Å². The van der Waals surface area contributed by atoms with Crippen LogP contribution in [-0.4, -0.2) is 41.8 Å². The summed E-state index contributed by atoms with van der Waals surface area (Å²) in [5.74, 6) is -1.02. The molecular formula is C23H23FN2O4. The van der Waals surface area contributed by atoms with Gasteiger partial charge in [-0.2, -0.15) is 0 Å². The Balaban J connectivity index is 1.67. The molecule has 2 aromatic rings. The van der Waals surface area contributed by atoms with Gasteiger partial charge in [0.25, 0.3) is 11.8 Å².